The molecule has 0 saturated heterocycles. The van der Waals surface area contributed by atoms with E-state index in [1.807, 2.05) is 0 Å². The van der Waals surface area contributed by atoms with Crippen LogP contribution >= 0.6 is 0 Å². The summed E-state index contributed by atoms with van der Waals surface area (Å²) >= 11 is 0. The smallest absolute Gasteiger partial charge is 0.310 e. The van der Waals surface area contributed by atoms with Gasteiger partial charge in [0, 0.05) is 22.7 Å². The van der Waals surface area contributed by atoms with Gasteiger partial charge in [-0.3, -0.25) is 9.59 Å². The monoisotopic (exact) mass is 484 g/mol. The number of carbonyl (C=O) groups is 2. The minimum absolute atomic E-state index is 0.0582. The first-order chi connectivity index (χ1) is 16.1. The molecule has 0 unspecified atom stereocenters. The van der Waals surface area contributed by atoms with Crippen molar-refractivity contribution in [3.05, 3.63) is 11.6 Å². The number of hydrogen-bond acceptors (Lipinski definition) is 3. The van der Waals surface area contributed by atoms with Crippen LogP contribution in [0.3, 0.4) is 0 Å². The van der Waals surface area contributed by atoms with Gasteiger partial charge in [-0.25, -0.2) is 0 Å². The van der Waals surface area contributed by atoms with Crippen LogP contribution in [-0.4, -0.2) is 28.6 Å². The van der Waals surface area contributed by atoms with Crippen LogP contribution in [-0.2, 0) is 9.59 Å². The van der Waals surface area contributed by atoms with Crippen LogP contribution in [0, 0.1) is 49.7 Å². The molecule has 0 aromatic heterocycles. The van der Waals surface area contributed by atoms with Gasteiger partial charge in [0.15, 0.2) is 0 Å². The first kappa shape index (κ1) is 25.5. The minimum Gasteiger partial charge on any atom is -0.481 e. The van der Waals surface area contributed by atoms with E-state index in [1.165, 1.54) is 5.57 Å². The van der Waals surface area contributed by atoms with Crippen molar-refractivity contribution in [2.75, 3.05) is 6.61 Å². The molecule has 4 heteroatoms. The third-order valence-corrected chi connectivity index (χ3v) is 13.3. The summed E-state index contributed by atoms with van der Waals surface area (Å²) in [7, 11) is 0. The topological polar surface area (TPSA) is 74.6 Å². The molecule has 0 spiro atoms. The summed E-state index contributed by atoms with van der Waals surface area (Å²) in [6.45, 7) is 16.1. The molecular weight excluding hydrogens is 436 g/mol. The van der Waals surface area contributed by atoms with Crippen LogP contribution in [0.5, 0.6) is 0 Å². The zero-order valence-electron chi connectivity index (χ0n) is 23.2. The Morgan fingerprint density at radius 3 is 2.23 bits per heavy atom. The fourth-order valence-electron chi connectivity index (χ4n) is 11.4. The Labute approximate surface area is 212 Å². The summed E-state index contributed by atoms with van der Waals surface area (Å²) in [5.41, 5.74) is -0.550. The number of aliphatic hydroxyl groups excluding tert-OH is 1. The van der Waals surface area contributed by atoms with Crippen molar-refractivity contribution in [3.8, 4) is 0 Å². The number of allylic oxidation sites excluding steroid dienone is 1. The molecule has 5 rings (SSSR count). The fraction of sp³-hybridized carbons (Fsp3) is 0.871. The molecule has 0 aromatic rings. The lowest BCUT2D eigenvalue weighted by Crippen LogP contribution is -2.68. The highest BCUT2D eigenvalue weighted by Gasteiger charge is 2.73. The Hall–Kier alpha value is -1.16. The first-order valence-corrected chi connectivity index (χ1v) is 14.2. The number of aliphatic hydroxyl groups is 1. The highest BCUT2D eigenvalue weighted by Crippen LogP contribution is 2.78. The number of carboxylic acids is 1. The van der Waals surface area contributed by atoms with Gasteiger partial charge in [-0.05, 0) is 85.9 Å². The maximum atomic E-state index is 13.0. The Bertz CT molecular complexity index is 992. The van der Waals surface area contributed by atoms with Crippen molar-refractivity contribution in [1.82, 2.24) is 0 Å². The quantitative estimate of drug-likeness (QED) is 0.423. The highest BCUT2D eigenvalue weighted by molar-refractivity contribution is 5.85. The predicted molar refractivity (Wildman–Crippen MR) is 138 cm³/mol. The lowest BCUT2D eigenvalue weighted by Gasteiger charge is -2.72. The van der Waals surface area contributed by atoms with Crippen molar-refractivity contribution in [2.24, 2.45) is 49.7 Å². The zero-order chi connectivity index (χ0) is 25.9. The number of carboxylic acid groups (broad SMARTS) is 1. The predicted octanol–water partition coefficient (Wildman–Crippen LogP) is 6.80. The summed E-state index contributed by atoms with van der Waals surface area (Å²) in [6, 6.07) is 0. The molecular formula is C31H48O4. The number of carbonyl (C=O) groups excluding carboxylic acids is 1. The third kappa shape index (κ3) is 2.84. The van der Waals surface area contributed by atoms with Gasteiger partial charge < -0.3 is 10.2 Å². The van der Waals surface area contributed by atoms with E-state index in [-0.39, 0.29) is 33.7 Å². The van der Waals surface area contributed by atoms with E-state index in [0.717, 1.165) is 51.4 Å². The second-order valence-corrected chi connectivity index (χ2v) is 15.4. The molecule has 7 atom stereocenters. The molecule has 2 N–H and O–H groups in total. The maximum absolute atomic E-state index is 13.0. The van der Waals surface area contributed by atoms with Gasteiger partial charge in [0.1, 0.15) is 5.78 Å². The van der Waals surface area contributed by atoms with Gasteiger partial charge in [0.05, 0.1) is 12.0 Å². The van der Waals surface area contributed by atoms with E-state index in [1.54, 1.807) is 0 Å². The number of ketones is 1. The lowest BCUT2D eigenvalue weighted by molar-refractivity contribution is -0.209. The largest absolute Gasteiger partial charge is 0.481 e. The van der Waals surface area contributed by atoms with Gasteiger partial charge in [-0.1, -0.05) is 60.1 Å². The third-order valence-electron chi connectivity index (χ3n) is 13.3. The minimum atomic E-state index is -0.740. The van der Waals surface area contributed by atoms with Crippen LogP contribution in [0.1, 0.15) is 113 Å². The number of hydrogen-bond donors (Lipinski definition) is 2. The summed E-state index contributed by atoms with van der Waals surface area (Å²) < 4.78 is 0. The Morgan fingerprint density at radius 1 is 0.943 bits per heavy atom. The summed E-state index contributed by atoms with van der Waals surface area (Å²) in [6.07, 6.45) is 10.9. The van der Waals surface area contributed by atoms with Gasteiger partial charge in [0.2, 0.25) is 0 Å². The molecule has 0 heterocycles. The van der Waals surface area contributed by atoms with E-state index < -0.39 is 16.8 Å². The zero-order valence-corrected chi connectivity index (χ0v) is 23.2. The van der Waals surface area contributed by atoms with Gasteiger partial charge >= 0.3 is 5.97 Å². The SMILES string of the molecule is CC1(C)CC[C@]2(C(=O)O)CC[C@]3(CO)C(=CC[C@@H]4[C@@]5(C)CCC(=O)C(C)(C)[C@@H]5CC[C@]43C)[C@]2(C)C1. The Kier molecular flexibility index (Phi) is 5.27. The maximum Gasteiger partial charge on any atom is 0.310 e. The molecule has 0 aromatic carbocycles. The normalized spacial score (nSPS) is 50.2. The van der Waals surface area contributed by atoms with Crippen molar-refractivity contribution >= 4 is 11.8 Å². The van der Waals surface area contributed by atoms with E-state index in [2.05, 4.69) is 54.5 Å². The summed E-state index contributed by atoms with van der Waals surface area (Å²) in [4.78, 5) is 25.9. The first-order valence-electron chi connectivity index (χ1n) is 14.2. The fourth-order valence-corrected chi connectivity index (χ4v) is 11.4. The standard InChI is InChI=1S/C31H48O4/c1-25(2)14-15-30(24(34)35)16-17-31(19-32)22(29(30,7)18-25)9-8-21-27(5)12-11-23(33)26(3,4)20(27)10-13-28(21,31)6/h9,20-21,32H,8,10-19H2,1-7H3,(H,34,35)/t20-,21+,27-,28+,29-,30+,31-/m0/s1. The van der Waals surface area contributed by atoms with Crippen molar-refractivity contribution in [2.45, 2.75) is 113 Å². The van der Waals surface area contributed by atoms with Gasteiger partial charge in [-0.2, -0.15) is 0 Å². The molecule has 0 aliphatic heterocycles. The van der Waals surface area contributed by atoms with E-state index in [4.69, 9.17) is 0 Å². The average molecular weight is 485 g/mol. The van der Waals surface area contributed by atoms with Crippen LogP contribution in [0.25, 0.3) is 0 Å². The Balaban J connectivity index is 1.68. The van der Waals surface area contributed by atoms with Crippen LogP contribution < -0.4 is 0 Å². The average Bonchev–Trinajstić information content (AvgIpc) is 2.75. The molecule has 35 heavy (non-hydrogen) atoms. The second kappa shape index (κ2) is 7.23. The molecule has 5 aliphatic rings. The van der Waals surface area contributed by atoms with Crippen molar-refractivity contribution in [1.29, 1.82) is 0 Å². The van der Waals surface area contributed by atoms with Gasteiger partial charge in [0.25, 0.3) is 0 Å². The van der Waals surface area contributed by atoms with E-state index in [9.17, 15) is 19.8 Å². The molecule has 5 aliphatic carbocycles. The molecule has 0 bridgehead atoms. The number of fused-ring (bicyclic) bond motifs is 7. The molecule has 0 amide bonds. The lowest BCUT2D eigenvalue weighted by atomic mass is 9.31. The molecule has 0 radical (unpaired) electrons. The van der Waals surface area contributed by atoms with Crippen LogP contribution in [0.4, 0.5) is 0 Å². The molecule has 4 fully saturated rings. The number of Topliss-reactive ketones (excluding diaryl/α,β-unsaturated/α-hetero) is 1. The van der Waals surface area contributed by atoms with Crippen molar-refractivity contribution < 1.29 is 19.8 Å². The summed E-state index contributed by atoms with van der Waals surface area (Å²) in [5, 5.41) is 22.0. The van der Waals surface area contributed by atoms with Crippen molar-refractivity contribution in [3.63, 3.8) is 0 Å². The second-order valence-electron chi connectivity index (χ2n) is 15.4. The molecule has 4 nitrogen and oxygen atoms in total. The molecule has 196 valence electrons. The van der Waals surface area contributed by atoms with Gasteiger partial charge in [-0.15, -0.1) is 0 Å². The van der Waals surface area contributed by atoms with E-state index in [0.29, 0.717) is 30.5 Å². The summed E-state index contributed by atoms with van der Waals surface area (Å²) in [5.74, 6) is 0.534. The van der Waals surface area contributed by atoms with E-state index >= 15 is 0 Å². The Morgan fingerprint density at radius 2 is 1.60 bits per heavy atom. The molecule has 4 saturated carbocycles. The van der Waals surface area contributed by atoms with Crippen LogP contribution in [0.2, 0.25) is 0 Å². The number of rotatable bonds is 2. The number of aliphatic carboxylic acids is 1. The van der Waals surface area contributed by atoms with Crippen LogP contribution in [0.15, 0.2) is 11.6 Å². The highest BCUT2D eigenvalue weighted by atomic mass is 16.4.